The summed E-state index contributed by atoms with van der Waals surface area (Å²) in [6.45, 7) is 2.24. The van der Waals surface area contributed by atoms with Crippen LogP contribution in [0.3, 0.4) is 0 Å². The summed E-state index contributed by atoms with van der Waals surface area (Å²) in [4.78, 5) is 31.0. The quantitative estimate of drug-likeness (QED) is 0.0783. The Labute approximate surface area is 175 Å². The number of unbranched alkanes of at least 4 members (excludes halogenated alkanes) is 14. The molecular weight excluding hydrogens is 376 g/mol. The Morgan fingerprint density at radius 3 is 1.41 bits per heavy atom. The Bertz CT molecular complexity index is 456. The highest BCUT2D eigenvalue weighted by Gasteiger charge is 2.52. The van der Waals surface area contributed by atoms with Gasteiger partial charge in [0.1, 0.15) is 9.85 Å². The predicted molar refractivity (Wildman–Crippen MR) is 113 cm³/mol. The van der Waals surface area contributed by atoms with Crippen LogP contribution < -0.4 is 0 Å². The molecule has 0 aromatic heterocycles. The van der Waals surface area contributed by atoms with Crippen LogP contribution in [0.5, 0.6) is 0 Å². The molecule has 170 valence electrons. The standard InChI is InChI=1S/C21H40N2O6/c1-3-4-5-6-7-8-9-10-11-12-13-14-15-16-17-18-20(24)29-19-21(2,22(25)26)23(27)28/h3-19H2,1-2H3. The van der Waals surface area contributed by atoms with E-state index in [-0.39, 0.29) is 6.42 Å². The van der Waals surface area contributed by atoms with Crippen molar-refractivity contribution in [3.63, 3.8) is 0 Å². The first-order chi connectivity index (χ1) is 13.8. The highest BCUT2D eigenvalue weighted by atomic mass is 16.7. The predicted octanol–water partition coefficient (Wildman–Crippen LogP) is 6.06. The molecule has 8 heteroatoms. The lowest BCUT2D eigenvalue weighted by atomic mass is 10.0. The Kier molecular flexibility index (Phi) is 16.1. The summed E-state index contributed by atoms with van der Waals surface area (Å²) >= 11 is 0. The minimum absolute atomic E-state index is 0.143. The fraction of sp³-hybridized carbons (Fsp3) is 0.952. The molecule has 0 bridgehead atoms. The van der Waals surface area contributed by atoms with Gasteiger partial charge in [0.2, 0.25) is 6.61 Å². The number of ether oxygens (including phenoxy) is 1. The molecule has 0 unspecified atom stereocenters. The summed E-state index contributed by atoms with van der Waals surface area (Å²) < 4.78 is 4.73. The molecule has 8 nitrogen and oxygen atoms in total. The Morgan fingerprint density at radius 2 is 1.07 bits per heavy atom. The van der Waals surface area contributed by atoms with E-state index >= 15 is 0 Å². The van der Waals surface area contributed by atoms with Crippen molar-refractivity contribution in [1.82, 2.24) is 0 Å². The van der Waals surface area contributed by atoms with E-state index in [9.17, 15) is 25.0 Å². The van der Waals surface area contributed by atoms with Crippen LogP contribution >= 0.6 is 0 Å². The van der Waals surface area contributed by atoms with Crippen LogP contribution in [0.1, 0.15) is 117 Å². The van der Waals surface area contributed by atoms with Crippen molar-refractivity contribution in [3.05, 3.63) is 20.2 Å². The first-order valence-corrected chi connectivity index (χ1v) is 11.3. The van der Waals surface area contributed by atoms with Crippen LogP contribution in [-0.2, 0) is 9.53 Å². The maximum absolute atomic E-state index is 11.6. The van der Waals surface area contributed by atoms with Crippen LogP contribution in [-0.4, -0.2) is 28.1 Å². The monoisotopic (exact) mass is 416 g/mol. The van der Waals surface area contributed by atoms with Gasteiger partial charge in [-0.2, -0.15) is 0 Å². The molecule has 0 saturated carbocycles. The van der Waals surface area contributed by atoms with Crippen molar-refractivity contribution in [2.75, 3.05) is 6.61 Å². The molecule has 0 radical (unpaired) electrons. The van der Waals surface area contributed by atoms with Gasteiger partial charge in [-0.1, -0.05) is 96.8 Å². The highest BCUT2D eigenvalue weighted by molar-refractivity contribution is 5.69. The highest BCUT2D eigenvalue weighted by Crippen LogP contribution is 2.15. The Balaban J connectivity index is 3.47. The second-order valence-corrected chi connectivity index (χ2v) is 8.09. The molecule has 0 rings (SSSR count). The van der Waals surface area contributed by atoms with Crippen LogP contribution in [0, 0.1) is 20.2 Å². The number of hydrogen-bond donors (Lipinski definition) is 0. The molecule has 0 aliphatic heterocycles. The van der Waals surface area contributed by atoms with E-state index in [4.69, 9.17) is 4.74 Å². The minimum atomic E-state index is -2.48. The number of carbonyl (C=O) groups is 1. The summed E-state index contributed by atoms with van der Waals surface area (Å²) in [6.07, 6.45) is 18.5. The SMILES string of the molecule is CCCCCCCCCCCCCCCCCC(=O)OCC(C)([N+](=O)[O-])[N+](=O)[O-]. The van der Waals surface area contributed by atoms with Crippen molar-refractivity contribution in [3.8, 4) is 0 Å². The number of rotatable bonds is 20. The van der Waals surface area contributed by atoms with Gasteiger partial charge in [-0.15, -0.1) is 0 Å². The van der Waals surface area contributed by atoms with Gasteiger partial charge in [0.15, 0.2) is 0 Å². The van der Waals surface area contributed by atoms with Crippen LogP contribution in [0.4, 0.5) is 0 Å². The largest absolute Gasteiger partial charge is 0.488 e. The van der Waals surface area contributed by atoms with E-state index in [1.165, 1.54) is 70.6 Å². The molecule has 0 heterocycles. The van der Waals surface area contributed by atoms with Gasteiger partial charge in [0.05, 0.1) is 6.92 Å². The third-order valence-corrected chi connectivity index (χ3v) is 5.28. The van der Waals surface area contributed by atoms with E-state index in [1.54, 1.807) is 0 Å². The van der Waals surface area contributed by atoms with Gasteiger partial charge < -0.3 is 4.74 Å². The van der Waals surface area contributed by atoms with Gasteiger partial charge in [0, 0.05) is 6.42 Å². The normalized spacial score (nSPS) is 11.4. The van der Waals surface area contributed by atoms with Gasteiger partial charge in [0.25, 0.3) is 0 Å². The summed E-state index contributed by atoms with van der Waals surface area (Å²) in [5.41, 5.74) is -2.48. The zero-order valence-corrected chi connectivity index (χ0v) is 18.4. The fourth-order valence-corrected chi connectivity index (χ4v) is 3.10. The smallest absolute Gasteiger partial charge is 0.450 e. The molecule has 0 fully saturated rings. The van der Waals surface area contributed by atoms with Crippen LogP contribution in [0.25, 0.3) is 0 Å². The van der Waals surface area contributed by atoms with E-state index in [0.29, 0.717) is 6.42 Å². The third kappa shape index (κ3) is 14.0. The number of esters is 1. The maximum Gasteiger partial charge on any atom is 0.488 e. The fourth-order valence-electron chi connectivity index (χ4n) is 3.10. The second kappa shape index (κ2) is 17.2. The number of carbonyl (C=O) groups excluding carboxylic acids is 1. The molecule has 0 aliphatic rings. The van der Waals surface area contributed by atoms with Crippen molar-refractivity contribution >= 4 is 5.97 Å². The molecule has 0 aromatic carbocycles. The van der Waals surface area contributed by atoms with Gasteiger partial charge in [-0.3, -0.25) is 25.0 Å². The average Bonchev–Trinajstić information content (AvgIpc) is 2.68. The topological polar surface area (TPSA) is 113 Å². The number of nitrogens with zero attached hydrogens (tertiary/aromatic N) is 2. The summed E-state index contributed by atoms with van der Waals surface area (Å²) in [6, 6.07) is 0. The zero-order valence-electron chi connectivity index (χ0n) is 18.4. The minimum Gasteiger partial charge on any atom is -0.450 e. The maximum atomic E-state index is 11.6. The molecule has 0 atom stereocenters. The van der Waals surface area contributed by atoms with Crippen LogP contribution in [0.2, 0.25) is 0 Å². The molecule has 0 aliphatic carbocycles. The number of nitro groups is 2. The number of hydrogen-bond acceptors (Lipinski definition) is 6. The van der Waals surface area contributed by atoms with E-state index in [1.807, 2.05) is 0 Å². The van der Waals surface area contributed by atoms with Gasteiger partial charge >= 0.3 is 11.6 Å². The molecular formula is C21H40N2O6. The lowest BCUT2D eigenvalue weighted by Gasteiger charge is -2.12. The van der Waals surface area contributed by atoms with E-state index in [0.717, 1.165) is 26.2 Å². The van der Waals surface area contributed by atoms with E-state index in [2.05, 4.69) is 6.92 Å². The zero-order chi connectivity index (χ0) is 22.0. The molecule has 0 spiro atoms. The van der Waals surface area contributed by atoms with Gasteiger partial charge in [-0.05, 0) is 6.42 Å². The van der Waals surface area contributed by atoms with Crippen molar-refractivity contribution in [2.24, 2.45) is 0 Å². The Morgan fingerprint density at radius 1 is 0.724 bits per heavy atom. The summed E-state index contributed by atoms with van der Waals surface area (Å²) in [5, 5.41) is 21.5. The second-order valence-electron chi connectivity index (χ2n) is 8.09. The Hall–Kier alpha value is -1.73. The lowest BCUT2D eigenvalue weighted by Crippen LogP contribution is -2.47. The van der Waals surface area contributed by atoms with Crippen molar-refractivity contribution < 1.29 is 19.4 Å². The first kappa shape index (κ1) is 27.3. The molecule has 0 N–H and O–H groups in total. The van der Waals surface area contributed by atoms with Crippen LogP contribution in [0.15, 0.2) is 0 Å². The summed E-state index contributed by atoms with van der Waals surface area (Å²) in [7, 11) is 0. The third-order valence-electron chi connectivity index (χ3n) is 5.28. The van der Waals surface area contributed by atoms with E-state index < -0.39 is 28.1 Å². The van der Waals surface area contributed by atoms with Crippen molar-refractivity contribution in [2.45, 2.75) is 122 Å². The molecule has 0 amide bonds. The van der Waals surface area contributed by atoms with Gasteiger partial charge in [-0.25, -0.2) is 0 Å². The first-order valence-electron chi connectivity index (χ1n) is 11.3. The lowest BCUT2D eigenvalue weighted by molar-refractivity contribution is -0.793. The van der Waals surface area contributed by atoms with Crippen molar-refractivity contribution in [1.29, 1.82) is 0 Å². The average molecular weight is 417 g/mol. The molecule has 29 heavy (non-hydrogen) atoms. The molecule has 0 saturated heterocycles. The summed E-state index contributed by atoms with van der Waals surface area (Å²) in [5.74, 6) is -0.616. The molecule has 0 aromatic rings.